The van der Waals surface area contributed by atoms with E-state index in [1.165, 1.54) is 25.3 Å². The molecule has 0 fully saturated rings. The number of nitrogens with one attached hydrogen (secondary N) is 1. The number of methoxy groups -OCH3 is 1. The lowest BCUT2D eigenvalue weighted by atomic mass is 10.1. The van der Waals surface area contributed by atoms with Crippen molar-refractivity contribution < 1.29 is 24.2 Å². The molecule has 0 atom stereocenters. The summed E-state index contributed by atoms with van der Waals surface area (Å²) in [5.74, 6) is -0.443. The Kier molecular flexibility index (Phi) is 6.86. The van der Waals surface area contributed by atoms with E-state index in [0.717, 1.165) is 5.56 Å². The molecule has 7 heteroatoms. The van der Waals surface area contributed by atoms with E-state index in [0.29, 0.717) is 41.7 Å². The van der Waals surface area contributed by atoms with Crippen molar-refractivity contribution in [2.24, 2.45) is 0 Å². The molecule has 0 spiro atoms. The Morgan fingerprint density at radius 2 is 1.85 bits per heavy atom. The van der Waals surface area contributed by atoms with Gasteiger partial charge >= 0.3 is 5.97 Å². The zero-order valence-electron chi connectivity index (χ0n) is 14.5. The van der Waals surface area contributed by atoms with Gasteiger partial charge in [-0.2, -0.15) is 0 Å². The summed E-state index contributed by atoms with van der Waals surface area (Å²) < 4.78 is 10.7. The predicted molar refractivity (Wildman–Crippen MR) is 98.6 cm³/mol. The van der Waals surface area contributed by atoms with Crippen LogP contribution in [0.2, 0.25) is 5.02 Å². The second kappa shape index (κ2) is 9.10. The fourth-order valence-electron chi connectivity index (χ4n) is 2.37. The van der Waals surface area contributed by atoms with E-state index in [2.05, 4.69) is 5.32 Å². The molecule has 0 heterocycles. The second-order valence-corrected chi connectivity index (χ2v) is 5.84. The molecule has 0 unspecified atom stereocenters. The minimum absolute atomic E-state index is 0.230. The molecule has 0 radical (unpaired) electrons. The standard InChI is InChI=1S/C19H20ClNO5/c1-3-26-17-15(20)10-14(11-16(17)25-2)18(22)21-9-8-12-4-6-13(7-5-12)19(23)24/h4-7,10-11H,3,8-9H2,1-2H3,(H,21,22)(H,23,24). The summed E-state index contributed by atoms with van der Waals surface area (Å²) in [5.41, 5.74) is 1.53. The third-order valence-electron chi connectivity index (χ3n) is 3.68. The molecule has 1 amide bonds. The monoisotopic (exact) mass is 377 g/mol. The topological polar surface area (TPSA) is 84.9 Å². The minimum Gasteiger partial charge on any atom is -0.493 e. The van der Waals surface area contributed by atoms with Crippen molar-refractivity contribution in [2.45, 2.75) is 13.3 Å². The molecule has 0 aliphatic heterocycles. The Labute approximate surface area is 156 Å². The molecule has 6 nitrogen and oxygen atoms in total. The molecular formula is C19H20ClNO5. The number of rotatable bonds is 8. The van der Waals surface area contributed by atoms with Gasteiger partial charge in [-0.15, -0.1) is 0 Å². The van der Waals surface area contributed by atoms with Gasteiger partial charge in [0.1, 0.15) is 0 Å². The van der Waals surface area contributed by atoms with Crippen LogP contribution in [0.4, 0.5) is 0 Å². The SMILES string of the molecule is CCOc1c(Cl)cc(C(=O)NCCc2ccc(C(=O)O)cc2)cc1OC. The van der Waals surface area contributed by atoms with E-state index in [-0.39, 0.29) is 11.5 Å². The summed E-state index contributed by atoms with van der Waals surface area (Å²) in [5, 5.41) is 12.0. The lowest BCUT2D eigenvalue weighted by Crippen LogP contribution is -2.25. The van der Waals surface area contributed by atoms with Crippen LogP contribution in [0.5, 0.6) is 11.5 Å². The highest BCUT2D eigenvalue weighted by atomic mass is 35.5. The van der Waals surface area contributed by atoms with Gasteiger partial charge < -0.3 is 19.9 Å². The van der Waals surface area contributed by atoms with Crippen LogP contribution >= 0.6 is 11.6 Å². The number of amides is 1. The summed E-state index contributed by atoms with van der Waals surface area (Å²) in [7, 11) is 1.48. The third-order valence-corrected chi connectivity index (χ3v) is 3.96. The average Bonchev–Trinajstić information content (AvgIpc) is 2.63. The van der Waals surface area contributed by atoms with Crippen molar-refractivity contribution in [3.63, 3.8) is 0 Å². The van der Waals surface area contributed by atoms with Crippen LogP contribution in [0.1, 0.15) is 33.2 Å². The van der Waals surface area contributed by atoms with Gasteiger partial charge in [-0.05, 0) is 43.2 Å². The maximum absolute atomic E-state index is 12.3. The molecule has 2 aromatic carbocycles. The Bertz CT molecular complexity index is 789. The first-order valence-corrected chi connectivity index (χ1v) is 8.44. The van der Waals surface area contributed by atoms with Gasteiger partial charge in [0.05, 0.1) is 24.3 Å². The number of hydrogen-bond acceptors (Lipinski definition) is 4. The summed E-state index contributed by atoms with van der Waals surface area (Å²) in [4.78, 5) is 23.2. The molecule has 0 bridgehead atoms. The van der Waals surface area contributed by atoms with Crippen molar-refractivity contribution in [1.82, 2.24) is 5.32 Å². The van der Waals surface area contributed by atoms with Crippen molar-refractivity contribution in [1.29, 1.82) is 0 Å². The second-order valence-electron chi connectivity index (χ2n) is 5.43. The molecule has 0 aromatic heterocycles. The summed E-state index contributed by atoms with van der Waals surface area (Å²) >= 11 is 6.17. The number of carbonyl (C=O) groups is 2. The van der Waals surface area contributed by atoms with Crippen molar-refractivity contribution in [3.05, 3.63) is 58.1 Å². The Hall–Kier alpha value is -2.73. The van der Waals surface area contributed by atoms with Crippen LogP contribution in [0, 0.1) is 0 Å². The Morgan fingerprint density at radius 3 is 2.42 bits per heavy atom. The first kappa shape index (κ1) is 19.6. The average molecular weight is 378 g/mol. The van der Waals surface area contributed by atoms with E-state index in [4.69, 9.17) is 26.2 Å². The van der Waals surface area contributed by atoms with Crippen LogP contribution in [0.25, 0.3) is 0 Å². The molecule has 0 saturated carbocycles. The van der Waals surface area contributed by atoms with Crippen LogP contribution in [0.3, 0.4) is 0 Å². The number of aromatic carboxylic acids is 1. The molecule has 0 aliphatic rings. The number of hydrogen-bond donors (Lipinski definition) is 2. The summed E-state index contributed by atoms with van der Waals surface area (Å²) in [6, 6.07) is 9.64. The van der Waals surface area contributed by atoms with Crippen LogP contribution in [-0.2, 0) is 6.42 Å². The number of carbonyl (C=O) groups excluding carboxylic acids is 1. The quantitative estimate of drug-likeness (QED) is 0.736. The van der Waals surface area contributed by atoms with Crippen molar-refractivity contribution >= 4 is 23.5 Å². The van der Waals surface area contributed by atoms with E-state index in [1.807, 2.05) is 6.92 Å². The summed E-state index contributed by atoms with van der Waals surface area (Å²) in [6.45, 7) is 2.67. The highest BCUT2D eigenvalue weighted by Gasteiger charge is 2.15. The van der Waals surface area contributed by atoms with E-state index in [1.54, 1.807) is 18.2 Å². The Morgan fingerprint density at radius 1 is 1.15 bits per heavy atom. The zero-order valence-corrected chi connectivity index (χ0v) is 15.3. The molecule has 2 N–H and O–H groups in total. The van der Waals surface area contributed by atoms with E-state index >= 15 is 0 Å². The van der Waals surface area contributed by atoms with E-state index in [9.17, 15) is 9.59 Å². The fraction of sp³-hybridized carbons (Fsp3) is 0.263. The fourth-order valence-corrected chi connectivity index (χ4v) is 2.64. The highest BCUT2D eigenvalue weighted by molar-refractivity contribution is 6.32. The van der Waals surface area contributed by atoms with Gasteiger partial charge in [-0.1, -0.05) is 23.7 Å². The van der Waals surface area contributed by atoms with Crippen molar-refractivity contribution in [2.75, 3.05) is 20.3 Å². The number of carboxylic acid groups (broad SMARTS) is 1. The van der Waals surface area contributed by atoms with Crippen LogP contribution in [0.15, 0.2) is 36.4 Å². The minimum atomic E-state index is -0.967. The number of ether oxygens (including phenoxy) is 2. The lowest BCUT2D eigenvalue weighted by molar-refractivity contribution is 0.0696. The van der Waals surface area contributed by atoms with Gasteiger partial charge in [-0.3, -0.25) is 4.79 Å². The molecular weight excluding hydrogens is 358 g/mol. The maximum Gasteiger partial charge on any atom is 0.335 e. The maximum atomic E-state index is 12.3. The molecule has 2 aromatic rings. The normalized spacial score (nSPS) is 10.3. The molecule has 138 valence electrons. The van der Waals surface area contributed by atoms with Crippen LogP contribution in [-0.4, -0.2) is 37.2 Å². The van der Waals surface area contributed by atoms with Gasteiger partial charge in [0.2, 0.25) is 0 Å². The first-order valence-electron chi connectivity index (χ1n) is 8.07. The van der Waals surface area contributed by atoms with Crippen LogP contribution < -0.4 is 14.8 Å². The molecule has 2 rings (SSSR count). The first-order chi connectivity index (χ1) is 12.5. The highest BCUT2D eigenvalue weighted by Crippen LogP contribution is 2.36. The molecule has 26 heavy (non-hydrogen) atoms. The third kappa shape index (κ3) is 4.89. The predicted octanol–water partition coefficient (Wildman–Crippen LogP) is 3.42. The van der Waals surface area contributed by atoms with Gasteiger partial charge in [0.25, 0.3) is 5.91 Å². The van der Waals surface area contributed by atoms with Gasteiger partial charge in [-0.25, -0.2) is 4.79 Å². The Balaban J connectivity index is 1.99. The van der Waals surface area contributed by atoms with Gasteiger partial charge in [0, 0.05) is 12.1 Å². The van der Waals surface area contributed by atoms with Crippen molar-refractivity contribution in [3.8, 4) is 11.5 Å². The summed E-state index contributed by atoms with van der Waals surface area (Å²) in [6.07, 6.45) is 0.577. The smallest absolute Gasteiger partial charge is 0.335 e. The number of halogens is 1. The lowest BCUT2D eigenvalue weighted by Gasteiger charge is -2.13. The van der Waals surface area contributed by atoms with E-state index < -0.39 is 5.97 Å². The number of benzene rings is 2. The van der Waals surface area contributed by atoms with Gasteiger partial charge in [0.15, 0.2) is 11.5 Å². The number of carboxylic acids is 1. The molecule has 0 saturated heterocycles. The largest absolute Gasteiger partial charge is 0.493 e. The molecule has 0 aliphatic carbocycles. The zero-order chi connectivity index (χ0) is 19.1.